The molecule has 2 N–H and O–H groups in total. The predicted octanol–water partition coefficient (Wildman–Crippen LogP) is 6.95. The van der Waals surface area contributed by atoms with E-state index in [0.717, 1.165) is 47.2 Å². The number of aromatic carboxylic acids is 1. The topological polar surface area (TPSA) is 101 Å². The van der Waals surface area contributed by atoms with E-state index in [2.05, 4.69) is 16.8 Å². The van der Waals surface area contributed by atoms with Crippen LogP contribution in [0.15, 0.2) is 97.1 Å². The number of anilines is 1. The van der Waals surface area contributed by atoms with Gasteiger partial charge < -0.3 is 15.0 Å². The molecule has 1 unspecified atom stereocenters. The summed E-state index contributed by atoms with van der Waals surface area (Å²) < 4.78 is 27.6. The molecule has 0 spiro atoms. The molecule has 0 saturated heterocycles. The molecule has 1 heterocycles. The van der Waals surface area contributed by atoms with E-state index in [0.29, 0.717) is 23.4 Å². The number of nitrogens with one attached hydrogen (secondary N) is 1. The molecule has 0 aliphatic carbocycles. The molecule has 0 fully saturated rings. The monoisotopic (exact) mass is 567 g/mol. The number of carbonyl (C=O) groups is 1. The van der Waals surface area contributed by atoms with Crippen molar-refractivity contribution in [2.24, 2.45) is 0 Å². The van der Waals surface area contributed by atoms with E-state index in [-0.39, 0.29) is 5.56 Å². The molecule has 0 aliphatic heterocycles. The number of hydrogen-bond donors (Lipinski definition) is 2. The summed E-state index contributed by atoms with van der Waals surface area (Å²) in [6, 6.07) is 29.8. The second-order valence-electron chi connectivity index (χ2n) is 10.2. The van der Waals surface area contributed by atoms with Gasteiger partial charge in [-0.15, -0.1) is 0 Å². The molecule has 1 aromatic heterocycles. The molecule has 5 aromatic rings. The van der Waals surface area contributed by atoms with Crippen LogP contribution in [0.2, 0.25) is 0 Å². The quantitative estimate of drug-likeness (QED) is 0.179. The fourth-order valence-electron chi connectivity index (χ4n) is 5.07. The molecule has 210 valence electrons. The normalized spacial score (nSPS) is 12.3. The molecule has 1 atom stereocenters. The van der Waals surface area contributed by atoms with Crippen LogP contribution in [-0.2, 0) is 22.8 Å². The number of rotatable bonds is 11. The fourth-order valence-corrected chi connectivity index (χ4v) is 6.08. The van der Waals surface area contributed by atoms with E-state index < -0.39 is 21.2 Å². The van der Waals surface area contributed by atoms with Gasteiger partial charge in [0.25, 0.3) is 0 Å². The van der Waals surface area contributed by atoms with E-state index in [4.69, 9.17) is 4.98 Å². The van der Waals surface area contributed by atoms with Crippen molar-refractivity contribution in [1.29, 1.82) is 0 Å². The number of unbranched alkanes of at least 4 members (excludes halogenated alkanes) is 1. The van der Waals surface area contributed by atoms with Gasteiger partial charge in [0.2, 0.25) is 0 Å². The van der Waals surface area contributed by atoms with Crippen molar-refractivity contribution in [2.45, 2.75) is 38.1 Å². The zero-order valence-corrected chi connectivity index (χ0v) is 23.9. The van der Waals surface area contributed by atoms with Crippen LogP contribution >= 0.6 is 0 Å². The Labute approximate surface area is 240 Å². The smallest absolute Gasteiger partial charge is 0.336 e. The van der Waals surface area contributed by atoms with Crippen LogP contribution in [0.1, 0.15) is 52.4 Å². The van der Waals surface area contributed by atoms with Gasteiger partial charge in [0, 0.05) is 24.9 Å². The van der Waals surface area contributed by atoms with E-state index in [1.165, 1.54) is 6.26 Å². The summed E-state index contributed by atoms with van der Waals surface area (Å²) in [7, 11) is -3.44. The maximum absolute atomic E-state index is 12.7. The van der Waals surface area contributed by atoms with E-state index in [1.54, 1.807) is 12.1 Å². The summed E-state index contributed by atoms with van der Waals surface area (Å²) in [6.07, 6.45) is 4.11. The lowest BCUT2D eigenvalue weighted by Crippen LogP contribution is -2.20. The van der Waals surface area contributed by atoms with Crippen LogP contribution in [0, 0.1) is 0 Å². The highest BCUT2D eigenvalue weighted by Gasteiger charge is 2.23. The molecule has 4 aromatic carbocycles. The standard InChI is InChI=1S/C33H33N3O4S/c1-3-4-14-31-35-29-20-19-26(34-32(41(2,39)40)25-10-6-5-7-11-25)21-30(29)36(31)22-23-15-17-24(18-16-23)27-12-8-9-13-28(27)33(37)38/h5-13,15-21,32,34H,3-4,14,22H2,1-2H3,(H,37,38). The average molecular weight is 568 g/mol. The minimum atomic E-state index is -3.44. The molecule has 41 heavy (non-hydrogen) atoms. The number of sulfone groups is 1. The number of imidazole rings is 1. The van der Waals surface area contributed by atoms with Crippen LogP contribution in [0.4, 0.5) is 5.69 Å². The third-order valence-corrected chi connectivity index (χ3v) is 8.42. The van der Waals surface area contributed by atoms with E-state index in [9.17, 15) is 18.3 Å². The molecule has 7 nitrogen and oxygen atoms in total. The first-order chi connectivity index (χ1) is 19.7. The maximum atomic E-state index is 12.7. The predicted molar refractivity (Wildman–Crippen MR) is 164 cm³/mol. The van der Waals surface area contributed by atoms with Crippen LogP contribution in [0.3, 0.4) is 0 Å². The van der Waals surface area contributed by atoms with Crippen LogP contribution in [-0.4, -0.2) is 35.3 Å². The third-order valence-electron chi connectivity index (χ3n) is 7.17. The van der Waals surface area contributed by atoms with Crippen LogP contribution < -0.4 is 5.32 Å². The Morgan fingerprint density at radius 1 is 0.951 bits per heavy atom. The third kappa shape index (κ3) is 6.33. The summed E-state index contributed by atoms with van der Waals surface area (Å²) in [4.78, 5) is 16.6. The molecule has 0 aliphatic rings. The zero-order valence-electron chi connectivity index (χ0n) is 23.1. The SMILES string of the molecule is CCCCc1nc2ccc(NC(c3ccccc3)S(C)(=O)=O)cc2n1Cc1ccc(-c2ccccc2C(=O)O)cc1. The van der Waals surface area contributed by atoms with Crippen molar-refractivity contribution < 1.29 is 18.3 Å². The number of aryl methyl sites for hydroxylation is 1. The molecule has 0 radical (unpaired) electrons. The van der Waals surface area contributed by atoms with Gasteiger partial charge in [0.05, 0.1) is 16.6 Å². The van der Waals surface area contributed by atoms with Gasteiger partial charge in [0.15, 0.2) is 15.2 Å². The molecule has 0 amide bonds. The number of fused-ring (bicyclic) bond motifs is 1. The lowest BCUT2D eigenvalue weighted by Gasteiger charge is -2.19. The second kappa shape index (κ2) is 12.0. The first-order valence-electron chi connectivity index (χ1n) is 13.7. The van der Waals surface area contributed by atoms with Crippen molar-refractivity contribution >= 4 is 32.5 Å². The number of carboxylic acids is 1. The Hall–Kier alpha value is -4.43. The lowest BCUT2D eigenvalue weighted by atomic mass is 9.99. The summed E-state index contributed by atoms with van der Waals surface area (Å²) in [5, 5.41) is 11.9. The van der Waals surface area contributed by atoms with Crippen molar-refractivity contribution in [3.05, 3.63) is 120 Å². The Balaban J connectivity index is 1.49. The Bertz CT molecular complexity index is 1780. The molecular weight excluding hydrogens is 534 g/mol. The first kappa shape index (κ1) is 28.1. The molecular formula is C33H33N3O4S. The summed E-state index contributed by atoms with van der Waals surface area (Å²) >= 11 is 0. The number of hydrogen-bond acceptors (Lipinski definition) is 5. The lowest BCUT2D eigenvalue weighted by molar-refractivity contribution is 0.0697. The summed E-state index contributed by atoms with van der Waals surface area (Å²) in [6.45, 7) is 2.73. The van der Waals surface area contributed by atoms with Gasteiger partial charge in [-0.25, -0.2) is 18.2 Å². The molecule has 8 heteroatoms. The highest BCUT2D eigenvalue weighted by molar-refractivity contribution is 7.91. The van der Waals surface area contributed by atoms with Gasteiger partial charge in [0.1, 0.15) is 5.82 Å². The minimum absolute atomic E-state index is 0.269. The van der Waals surface area contributed by atoms with Crippen molar-refractivity contribution in [3.63, 3.8) is 0 Å². The van der Waals surface area contributed by atoms with Gasteiger partial charge >= 0.3 is 5.97 Å². The highest BCUT2D eigenvalue weighted by Crippen LogP contribution is 2.29. The molecule has 0 bridgehead atoms. The zero-order chi connectivity index (χ0) is 29.0. The molecule has 0 saturated carbocycles. The second-order valence-corrected chi connectivity index (χ2v) is 12.4. The van der Waals surface area contributed by atoms with Gasteiger partial charge in [-0.3, -0.25) is 0 Å². The maximum Gasteiger partial charge on any atom is 0.336 e. The Kier molecular flexibility index (Phi) is 8.21. The van der Waals surface area contributed by atoms with Gasteiger partial charge in [-0.2, -0.15) is 0 Å². The van der Waals surface area contributed by atoms with E-state index in [1.807, 2.05) is 84.9 Å². The van der Waals surface area contributed by atoms with Crippen LogP contribution in [0.25, 0.3) is 22.2 Å². The molecule has 5 rings (SSSR count). The summed E-state index contributed by atoms with van der Waals surface area (Å²) in [5.74, 6) is 0.0203. The van der Waals surface area contributed by atoms with Gasteiger partial charge in [-0.05, 0) is 52.9 Å². The summed E-state index contributed by atoms with van der Waals surface area (Å²) in [5.41, 5.74) is 5.98. The van der Waals surface area contributed by atoms with E-state index >= 15 is 0 Å². The highest BCUT2D eigenvalue weighted by atomic mass is 32.2. The fraction of sp³-hybridized carbons (Fsp3) is 0.212. The number of nitrogens with zero attached hydrogens (tertiary/aromatic N) is 2. The van der Waals surface area contributed by atoms with Crippen molar-refractivity contribution in [1.82, 2.24) is 9.55 Å². The Morgan fingerprint density at radius 3 is 2.34 bits per heavy atom. The van der Waals surface area contributed by atoms with Crippen molar-refractivity contribution in [2.75, 3.05) is 11.6 Å². The first-order valence-corrected chi connectivity index (χ1v) is 15.6. The minimum Gasteiger partial charge on any atom is -0.478 e. The van der Waals surface area contributed by atoms with Crippen molar-refractivity contribution in [3.8, 4) is 11.1 Å². The number of benzene rings is 4. The average Bonchev–Trinajstić information content (AvgIpc) is 3.31. The number of carboxylic acid groups (broad SMARTS) is 1. The van der Waals surface area contributed by atoms with Gasteiger partial charge in [-0.1, -0.05) is 86.1 Å². The largest absolute Gasteiger partial charge is 0.478 e. The van der Waals surface area contributed by atoms with Crippen LogP contribution in [0.5, 0.6) is 0 Å². The Morgan fingerprint density at radius 2 is 1.66 bits per heavy atom. The number of aromatic nitrogens is 2.